The van der Waals surface area contributed by atoms with E-state index in [-0.39, 0.29) is 36.1 Å². The van der Waals surface area contributed by atoms with E-state index in [0.29, 0.717) is 36.9 Å². The van der Waals surface area contributed by atoms with Crippen LogP contribution in [0.1, 0.15) is 35.4 Å². The maximum Gasteiger partial charge on any atom is 0.244 e. The lowest BCUT2D eigenvalue weighted by Crippen LogP contribution is -2.50. The van der Waals surface area contributed by atoms with E-state index in [1.54, 1.807) is 42.6 Å². The molecule has 3 N–H and O–H groups in total. The van der Waals surface area contributed by atoms with Crippen molar-refractivity contribution in [2.24, 2.45) is 0 Å². The number of hydrogen-bond acceptors (Lipinski definition) is 5. The van der Waals surface area contributed by atoms with E-state index in [9.17, 15) is 14.4 Å². The maximum absolute atomic E-state index is 14.1. The van der Waals surface area contributed by atoms with Gasteiger partial charge in [-0.1, -0.05) is 90.5 Å². The Bertz CT molecular complexity index is 1540. The zero-order chi connectivity index (χ0) is 31.4. The minimum atomic E-state index is -0.782. The predicted molar refractivity (Wildman–Crippen MR) is 178 cm³/mol. The Balaban J connectivity index is 1.31. The molecule has 1 aliphatic heterocycles. The summed E-state index contributed by atoms with van der Waals surface area (Å²) in [6.07, 6.45) is 5.31. The summed E-state index contributed by atoms with van der Waals surface area (Å²) in [6, 6.07) is 31.7. The van der Waals surface area contributed by atoms with Gasteiger partial charge in [-0.3, -0.25) is 14.4 Å². The molecule has 1 aromatic heterocycles. The van der Waals surface area contributed by atoms with Gasteiger partial charge in [0.15, 0.2) is 0 Å². The van der Waals surface area contributed by atoms with Crippen LogP contribution in [0.5, 0.6) is 0 Å². The van der Waals surface area contributed by atoms with Crippen LogP contribution in [-0.2, 0) is 14.4 Å². The molecule has 4 aromatic rings. The van der Waals surface area contributed by atoms with Crippen molar-refractivity contribution >= 4 is 41.2 Å². The molecule has 0 bridgehead atoms. The molecule has 230 valence electrons. The van der Waals surface area contributed by atoms with Gasteiger partial charge in [0.05, 0.1) is 12.5 Å². The summed E-state index contributed by atoms with van der Waals surface area (Å²) in [5.74, 6) is -0.354. The second-order valence-electron chi connectivity index (χ2n) is 11.0. The lowest BCUT2D eigenvalue weighted by molar-refractivity contribution is -0.134. The Labute approximate surface area is 268 Å². The Hall–Kier alpha value is -4.79. The van der Waals surface area contributed by atoms with Crippen LogP contribution >= 0.6 is 11.6 Å². The summed E-state index contributed by atoms with van der Waals surface area (Å²) in [5, 5.41) is 9.73. The number of aromatic nitrogens is 1. The fourth-order valence-corrected chi connectivity index (χ4v) is 5.53. The lowest BCUT2D eigenvalue weighted by atomic mass is 9.90. The highest BCUT2D eigenvalue weighted by atomic mass is 35.5. The van der Waals surface area contributed by atoms with Crippen LogP contribution in [0.25, 0.3) is 6.08 Å². The summed E-state index contributed by atoms with van der Waals surface area (Å²) >= 11 is 5.95. The minimum absolute atomic E-state index is 0.0476. The van der Waals surface area contributed by atoms with Gasteiger partial charge in [0.2, 0.25) is 17.7 Å². The molecule has 1 saturated heterocycles. The quantitative estimate of drug-likeness (QED) is 0.198. The molecule has 2 atom stereocenters. The average Bonchev–Trinajstić information content (AvgIpc) is 3.21. The van der Waals surface area contributed by atoms with Gasteiger partial charge in [-0.05, 0) is 53.5 Å². The summed E-state index contributed by atoms with van der Waals surface area (Å²) in [7, 11) is 0. The van der Waals surface area contributed by atoms with E-state index < -0.39 is 6.04 Å². The number of anilines is 1. The number of carbonyl (C=O) groups excluding carboxylic acids is 3. The van der Waals surface area contributed by atoms with Crippen molar-refractivity contribution in [3.05, 3.63) is 137 Å². The highest BCUT2D eigenvalue weighted by molar-refractivity contribution is 6.30. The first-order valence-electron chi connectivity index (χ1n) is 15.0. The molecule has 8 nitrogen and oxygen atoms in total. The highest BCUT2D eigenvalue weighted by Gasteiger charge is 2.34. The number of amides is 3. The largest absolute Gasteiger partial charge is 0.351 e. The highest BCUT2D eigenvalue weighted by Crippen LogP contribution is 2.27. The van der Waals surface area contributed by atoms with Crippen molar-refractivity contribution in [3.8, 4) is 0 Å². The molecule has 1 fully saturated rings. The monoisotopic (exact) mass is 621 g/mol. The molecule has 0 radical (unpaired) electrons. The van der Waals surface area contributed by atoms with Crippen molar-refractivity contribution < 1.29 is 14.4 Å². The van der Waals surface area contributed by atoms with Crippen LogP contribution in [0.3, 0.4) is 0 Å². The number of nitrogens with one attached hydrogen (secondary N) is 3. The van der Waals surface area contributed by atoms with E-state index >= 15 is 0 Å². The second-order valence-corrected chi connectivity index (χ2v) is 11.4. The topological polar surface area (TPSA) is 103 Å². The van der Waals surface area contributed by atoms with E-state index in [2.05, 4.69) is 45.2 Å². The molecule has 0 aliphatic carbocycles. The van der Waals surface area contributed by atoms with Crippen LogP contribution < -0.4 is 16.0 Å². The smallest absolute Gasteiger partial charge is 0.244 e. The number of carbonyl (C=O) groups is 3. The summed E-state index contributed by atoms with van der Waals surface area (Å²) < 4.78 is 0. The van der Waals surface area contributed by atoms with Gasteiger partial charge in [-0.2, -0.15) is 0 Å². The van der Waals surface area contributed by atoms with Crippen molar-refractivity contribution in [2.75, 3.05) is 25.0 Å². The number of benzene rings is 3. The standard InChI is InChI=1S/C36H36ClN5O3/c37-29-17-14-26(15-18-29)16-19-34(43)39-24-30-20-22-42(25-31(27-9-3-1-4-10-27)28-11-5-2-6-12-28)36(45)32(40-30)23-35(44)41-33-13-7-8-21-38-33/h1-19,21,30-32,40H,20,22-25H2,(H,39,43)(H,38,41,44)/b19-16+/t30-,32-/m1/s1. The third-order valence-electron chi connectivity index (χ3n) is 7.74. The average molecular weight is 622 g/mol. The molecule has 9 heteroatoms. The van der Waals surface area contributed by atoms with Crippen molar-refractivity contribution in [1.29, 1.82) is 0 Å². The number of pyridine rings is 1. The molecule has 3 amide bonds. The number of halogens is 1. The zero-order valence-electron chi connectivity index (χ0n) is 24.8. The fourth-order valence-electron chi connectivity index (χ4n) is 5.41. The zero-order valence-corrected chi connectivity index (χ0v) is 25.6. The molecule has 0 spiro atoms. The van der Waals surface area contributed by atoms with Crippen LogP contribution in [-0.4, -0.2) is 59.3 Å². The van der Waals surface area contributed by atoms with Gasteiger partial charge >= 0.3 is 0 Å². The van der Waals surface area contributed by atoms with Crippen molar-refractivity contribution in [1.82, 2.24) is 20.5 Å². The molecule has 1 aliphatic rings. The Kier molecular flexibility index (Phi) is 11.1. The van der Waals surface area contributed by atoms with Crippen LogP contribution in [0.2, 0.25) is 5.02 Å². The van der Waals surface area contributed by atoms with E-state index in [1.807, 2.05) is 53.4 Å². The van der Waals surface area contributed by atoms with E-state index in [0.717, 1.165) is 16.7 Å². The molecule has 45 heavy (non-hydrogen) atoms. The normalized spacial score (nSPS) is 16.8. The third-order valence-corrected chi connectivity index (χ3v) is 7.99. The van der Waals surface area contributed by atoms with Crippen LogP contribution in [0.15, 0.2) is 115 Å². The molecule has 3 aromatic carbocycles. The van der Waals surface area contributed by atoms with Crippen LogP contribution in [0.4, 0.5) is 5.82 Å². The summed E-state index contributed by atoms with van der Waals surface area (Å²) in [6.45, 7) is 1.22. The Morgan fingerprint density at radius 2 is 1.60 bits per heavy atom. The number of rotatable bonds is 11. The Morgan fingerprint density at radius 3 is 2.24 bits per heavy atom. The maximum atomic E-state index is 14.1. The first-order chi connectivity index (χ1) is 21.9. The van der Waals surface area contributed by atoms with Gasteiger partial charge in [-0.15, -0.1) is 0 Å². The number of hydrogen-bond donors (Lipinski definition) is 3. The van der Waals surface area contributed by atoms with Crippen molar-refractivity contribution in [2.45, 2.75) is 30.8 Å². The van der Waals surface area contributed by atoms with Crippen molar-refractivity contribution in [3.63, 3.8) is 0 Å². The number of nitrogens with zero attached hydrogens (tertiary/aromatic N) is 2. The van der Waals surface area contributed by atoms with Gasteiger partial charge < -0.3 is 20.9 Å². The molecular weight excluding hydrogens is 586 g/mol. The molecular formula is C36H36ClN5O3. The van der Waals surface area contributed by atoms with Gasteiger partial charge in [-0.25, -0.2) is 4.98 Å². The SMILES string of the molecule is O=C(/C=C/c1ccc(Cl)cc1)NC[C@H]1CCN(CC(c2ccccc2)c2ccccc2)C(=O)[C@@H](CC(=O)Nc2ccccn2)N1. The predicted octanol–water partition coefficient (Wildman–Crippen LogP) is 5.28. The molecule has 0 unspecified atom stereocenters. The first-order valence-corrected chi connectivity index (χ1v) is 15.4. The summed E-state index contributed by atoms with van der Waals surface area (Å²) in [4.78, 5) is 45.8. The molecule has 0 saturated carbocycles. The second kappa shape index (κ2) is 15.8. The van der Waals surface area contributed by atoms with Gasteiger partial charge in [0, 0.05) is 48.9 Å². The van der Waals surface area contributed by atoms with Gasteiger partial charge in [0.1, 0.15) is 5.82 Å². The fraction of sp³-hybridized carbons (Fsp3) is 0.222. The lowest BCUT2D eigenvalue weighted by Gasteiger charge is -2.29. The van der Waals surface area contributed by atoms with E-state index in [4.69, 9.17) is 11.6 Å². The third kappa shape index (κ3) is 9.35. The minimum Gasteiger partial charge on any atom is -0.351 e. The van der Waals surface area contributed by atoms with Crippen LogP contribution in [0, 0.1) is 0 Å². The molecule has 5 rings (SSSR count). The molecule has 2 heterocycles. The Morgan fingerprint density at radius 1 is 0.933 bits per heavy atom. The first kappa shape index (κ1) is 31.6. The van der Waals surface area contributed by atoms with Gasteiger partial charge in [0.25, 0.3) is 0 Å². The van der Waals surface area contributed by atoms with E-state index in [1.165, 1.54) is 6.08 Å². The summed E-state index contributed by atoms with van der Waals surface area (Å²) in [5.41, 5.74) is 3.07.